The number of nitrogens with one attached hydrogen (secondary N) is 2. The Hall–Kier alpha value is -3.13. The predicted octanol–water partition coefficient (Wildman–Crippen LogP) is 1.87. The Morgan fingerprint density at radius 1 is 1.14 bits per heavy atom. The van der Waals surface area contributed by atoms with Gasteiger partial charge in [0.05, 0.1) is 4.88 Å². The van der Waals surface area contributed by atoms with Crippen molar-refractivity contribution in [2.75, 3.05) is 26.2 Å². The molecule has 2 N–H and O–H groups in total. The number of rotatable bonds is 6. The third-order valence-corrected chi connectivity index (χ3v) is 6.09. The zero-order valence-corrected chi connectivity index (χ0v) is 16.7. The summed E-state index contributed by atoms with van der Waals surface area (Å²) in [5.41, 5.74) is 1.98. The molecule has 0 bridgehead atoms. The number of para-hydroxylation sites is 1. The molecule has 0 saturated carbocycles. The molecular weight excluding hydrogens is 388 g/mol. The molecule has 1 aromatic carbocycles. The van der Waals surface area contributed by atoms with Crippen molar-refractivity contribution in [2.24, 2.45) is 0 Å². The van der Waals surface area contributed by atoms with Gasteiger partial charge < -0.3 is 20.1 Å². The molecule has 0 aliphatic carbocycles. The number of nitrogens with zero attached hydrogens (tertiary/aromatic N) is 2. The fourth-order valence-corrected chi connectivity index (χ4v) is 4.25. The second-order valence-electron chi connectivity index (χ2n) is 7.03. The summed E-state index contributed by atoms with van der Waals surface area (Å²) in [5.74, 6) is -0.365. The normalized spacial score (nSPS) is 15.3. The first kappa shape index (κ1) is 19.2. The number of hydrogen-bond donors (Lipinski definition) is 2. The first-order chi connectivity index (χ1) is 14.2. The molecule has 7 nitrogen and oxygen atoms in total. The van der Waals surface area contributed by atoms with Crippen LogP contribution in [0.4, 0.5) is 0 Å². The van der Waals surface area contributed by atoms with Crippen LogP contribution in [0.15, 0.2) is 48.0 Å². The van der Waals surface area contributed by atoms with E-state index in [0.29, 0.717) is 37.5 Å². The van der Waals surface area contributed by atoms with Gasteiger partial charge in [0.25, 0.3) is 5.91 Å². The standard InChI is InChI=1S/C21H22N4O3S/c26-14-24-7-9-25(10-8-24)21(28)18(23-20(27)19-6-3-11-29-19)12-15-13-22-17-5-2-1-4-16(15)17/h1-6,11,13-14,18,22H,7-10,12H2,(H,23,27). The number of amides is 3. The van der Waals surface area contributed by atoms with Crippen LogP contribution in [0.1, 0.15) is 15.2 Å². The minimum Gasteiger partial charge on any atom is -0.361 e. The van der Waals surface area contributed by atoms with Crippen LogP contribution in [0.5, 0.6) is 0 Å². The molecule has 3 amide bonds. The minimum atomic E-state index is -0.674. The highest BCUT2D eigenvalue weighted by molar-refractivity contribution is 7.12. The number of carbonyl (C=O) groups is 3. The first-order valence-electron chi connectivity index (χ1n) is 9.53. The lowest BCUT2D eigenvalue weighted by Gasteiger charge is -2.34. The van der Waals surface area contributed by atoms with Crippen LogP contribution >= 0.6 is 11.3 Å². The lowest BCUT2D eigenvalue weighted by molar-refractivity contribution is -0.136. The Morgan fingerprint density at radius 3 is 2.66 bits per heavy atom. The van der Waals surface area contributed by atoms with E-state index in [1.54, 1.807) is 15.9 Å². The highest BCUT2D eigenvalue weighted by Crippen LogP contribution is 2.20. The summed E-state index contributed by atoms with van der Waals surface area (Å²) in [6.07, 6.45) is 3.10. The molecule has 1 aliphatic heterocycles. The van der Waals surface area contributed by atoms with Crippen molar-refractivity contribution in [3.05, 3.63) is 58.4 Å². The Labute approximate surface area is 172 Å². The summed E-state index contributed by atoms with van der Waals surface area (Å²) >= 11 is 1.35. The van der Waals surface area contributed by atoms with Gasteiger partial charge >= 0.3 is 0 Å². The average molecular weight is 410 g/mol. The number of H-pyrrole nitrogens is 1. The van der Waals surface area contributed by atoms with E-state index in [9.17, 15) is 14.4 Å². The Morgan fingerprint density at radius 2 is 1.93 bits per heavy atom. The van der Waals surface area contributed by atoms with Crippen molar-refractivity contribution in [3.63, 3.8) is 0 Å². The number of carbonyl (C=O) groups excluding carboxylic acids is 3. The van der Waals surface area contributed by atoms with Gasteiger partial charge in [-0.05, 0) is 23.1 Å². The molecule has 0 radical (unpaired) electrons. The Bertz CT molecular complexity index is 1010. The van der Waals surface area contributed by atoms with Crippen molar-refractivity contribution in [1.82, 2.24) is 20.1 Å². The van der Waals surface area contributed by atoms with Crippen molar-refractivity contribution < 1.29 is 14.4 Å². The molecular formula is C21H22N4O3S. The molecule has 4 rings (SSSR count). The second kappa shape index (κ2) is 8.48. The van der Waals surface area contributed by atoms with Gasteiger partial charge in [0.1, 0.15) is 6.04 Å². The van der Waals surface area contributed by atoms with E-state index in [-0.39, 0.29) is 11.8 Å². The van der Waals surface area contributed by atoms with E-state index in [2.05, 4.69) is 10.3 Å². The van der Waals surface area contributed by atoms with Gasteiger partial charge in [0.2, 0.25) is 12.3 Å². The third kappa shape index (κ3) is 4.17. The van der Waals surface area contributed by atoms with Crippen molar-refractivity contribution in [1.29, 1.82) is 0 Å². The second-order valence-corrected chi connectivity index (χ2v) is 7.98. The van der Waals surface area contributed by atoms with Gasteiger partial charge in [-0.25, -0.2) is 0 Å². The van der Waals surface area contributed by atoms with Crippen molar-refractivity contribution >= 4 is 40.5 Å². The quantitative estimate of drug-likeness (QED) is 0.609. The molecule has 0 spiro atoms. The monoisotopic (exact) mass is 410 g/mol. The molecule has 1 saturated heterocycles. The summed E-state index contributed by atoms with van der Waals surface area (Å²) in [6.45, 7) is 1.95. The van der Waals surface area contributed by atoms with Crippen LogP contribution in [0, 0.1) is 0 Å². The van der Waals surface area contributed by atoms with Crippen LogP contribution in [0.25, 0.3) is 10.9 Å². The highest BCUT2D eigenvalue weighted by Gasteiger charge is 2.29. The maximum atomic E-state index is 13.3. The summed E-state index contributed by atoms with van der Waals surface area (Å²) in [4.78, 5) is 44.1. The van der Waals surface area contributed by atoms with Gasteiger partial charge in [0.15, 0.2) is 0 Å². The molecule has 8 heteroatoms. The smallest absolute Gasteiger partial charge is 0.262 e. The van der Waals surface area contributed by atoms with Gasteiger partial charge in [-0.2, -0.15) is 0 Å². The van der Waals surface area contributed by atoms with E-state index in [0.717, 1.165) is 22.9 Å². The predicted molar refractivity (Wildman–Crippen MR) is 112 cm³/mol. The molecule has 1 aliphatic rings. The summed E-state index contributed by atoms with van der Waals surface area (Å²) < 4.78 is 0. The number of aromatic nitrogens is 1. The van der Waals surface area contributed by atoms with Crippen LogP contribution in [0.3, 0.4) is 0 Å². The van der Waals surface area contributed by atoms with Crippen molar-refractivity contribution in [2.45, 2.75) is 12.5 Å². The Kier molecular flexibility index (Phi) is 5.62. The Balaban J connectivity index is 1.55. The highest BCUT2D eigenvalue weighted by atomic mass is 32.1. The van der Waals surface area contributed by atoms with Crippen LogP contribution in [-0.2, 0) is 16.0 Å². The number of benzene rings is 1. The topological polar surface area (TPSA) is 85.5 Å². The lowest BCUT2D eigenvalue weighted by atomic mass is 10.0. The van der Waals surface area contributed by atoms with Crippen LogP contribution < -0.4 is 5.32 Å². The lowest BCUT2D eigenvalue weighted by Crippen LogP contribution is -2.55. The first-order valence-corrected chi connectivity index (χ1v) is 10.4. The van der Waals surface area contributed by atoms with E-state index in [4.69, 9.17) is 0 Å². The minimum absolute atomic E-state index is 0.120. The number of aromatic amines is 1. The summed E-state index contributed by atoms with van der Waals surface area (Å²) in [6, 6.07) is 10.8. The molecule has 1 fully saturated rings. The van der Waals surface area contributed by atoms with Gasteiger partial charge in [-0.1, -0.05) is 24.3 Å². The number of piperazine rings is 1. The SMILES string of the molecule is O=CN1CCN(C(=O)C(Cc2c[nH]c3ccccc23)NC(=O)c2cccs2)CC1. The van der Waals surface area contributed by atoms with Crippen molar-refractivity contribution in [3.8, 4) is 0 Å². The zero-order chi connectivity index (χ0) is 20.2. The molecule has 2 aromatic heterocycles. The number of hydrogen-bond acceptors (Lipinski definition) is 4. The summed E-state index contributed by atoms with van der Waals surface area (Å²) in [7, 11) is 0. The molecule has 29 heavy (non-hydrogen) atoms. The maximum Gasteiger partial charge on any atom is 0.262 e. The molecule has 1 unspecified atom stereocenters. The van der Waals surface area contributed by atoms with Gasteiger partial charge in [0, 0.05) is 49.7 Å². The number of fused-ring (bicyclic) bond motifs is 1. The maximum absolute atomic E-state index is 13.3. The third-order valence-electron chi connectivity index (χ3n) is 5.22. The van der Waals surface area contributed by atoms with Crippen LogP contribution in [-0.4, -0.2) is 65.2 Å². The van der Waals surface area contributed by atoms with E-state index in [1.807, 2.05) is 41.9 Å². The van der Waals surface area contributed by atoms with Crippen LogP contribution in [0.2, 0.25) is 0 Å². The van der Waals surface area contributed by atoms with Gasteiger partial charge in [-0.15, -0.1) is 11.3 Å². The fourth-order valence-electron chi connectivity index (χ4n) is 3.63. The molecule has 1 atom stereocenters. The van der Waals surface area contributed by atoms with E-state index in [1.165, 1.54) is 11.3 Å². The average Bonchev–Trinajstić information content (AvgIpc) is 3.43. The molecule has 3 aromatic rings. The number of thiophene rings is 1. The van der Waals surface area contributed by atoms with E-state index >= 15 is 0 Å². The van der Waals surface area contributed by atoms with E-state index < -0.39 is 6.04 Å². The molecule has 150 valence electrons. The van der Waals surface area contributed by atoms with Gasteiger partial charge in [-0.3, -0.25) is 14.4 Å². The zero-order valence-electron chi connectivity index (χ0n) is 15.8. The summed E-state index contributed by atoms with van der Waals surface area (Å²) in [5, 5.41) is 5.81. The fraction of sp³-hybridized carbons (Fsp3) is 0.286. The largest absolute Gasteiger partial charge is 0.361 e. The molecule has 3 heterocycles.